The zero-order valence-corrected chi connectivity index (χ0v) is 10.7. The van der Waals surface area contributed by atoms with Crippen LogP contribution in [0, 0.1) is 6.92 Å². The van der Waals surface area contributed by atoms with Crippen LogP contribution in [-0.2, 0) is 0 Å². The maximum atomic E-state index is 12.6. The van der Waals surface area contributed by atoms with Gasteiger partial charge in [-0.25, -0.2) is 4.98 Å². The summed E-state index contributed by atoms with van der Waals surface area (Å²) in [5.74, 6) is 0.0464. The predicted molar refractivity (Wildman–Crippen MR) is 75.4 cm³/mol. The molecule has 20 heavy (non-hydrogen) atoms. The molecule has 0 aliphatic rings. The van der Waals surface area contributed by atoms with Gasteiger partial charge in [0.25, 0.3) is 5.56 Å². The van der Waals surface area contributed by atoms with Crippen molar-refractivity contribution < 1.29 is 10.2 Å². The Morgan fingerprint density at radius 2 is 1.65 bits per heavy atom. The van der Waals surface area contributed by atoms with Crippen LogP contribution < -0.4 is 5.56 Å². The Bertz CT molecular complexity index is 848. The Morgan fingerprint density at radius 1 is 1.00 bits per heavy atom. The van der Waals surface area contributed by atoms with Gasteiger partial charge in [-0.3, -0.25) is 9.36 Å². The van der Waals surface area contributed by atoms with Gasteiger partial charge in [0, 0.05) is 0 Å². The molecule has 0 atom stereocenters. The van der Waals surface area contributed by atoms with Crippen LogP contribution in [0.25, 0.3) is 16.6 Å². The molecule has 0 bridgehead atoms. The number of aryl methyl sites for hydroxylation is 1. The number of aromatic nitrogens is 2. The topological polar surface area (TPSA) is 75.4 Å². The van der Waals surface area contributed by atoms with Crippen molar-refractivity contribution in [1.82, 2.24) is 9.55 Å². The smallest absolute Gasteiger partial charge is 0.266 e. The number of para-hydroxylation sites is 2. The average Bonchev–Trinajstić information content (AvgIpc) is 2.42. The van der Waals surface area contributed by atoms with Crippen LogP contribution in [-0.4, -0.2) is 19.8 Å². The number of hydrogen-bond donors (Lipinski definition) is 2. The Morgan fingerprint density at radius 3 is 2.35 bits per heavy atom. The quantitative estimate of drug-likeness (QED) is 0.708. The van der Waals surface area contributed by atoms with Crippen molar-refractivity contribution in [1.29, 1.82) is 0 Å². The molecule has 0 saturated heterocycles. The molecule has 5 nitrogen and oxygen atoms in total. The van der Waals surface area contributed by atoms with E-state index >= 15 is 0 Å². The second-order valence-electron chi connectivity index (χ2n) is 4.46. The Balaban J connectivity index is 2.46. The second-order valence-corrected chi connectivity index (χ2v) is 4.46. The molecule has 100 valence electrons. The van der Waals surface area contributed by atoms with E-state index in [-0.39, 0.29) is 22.7 Å². The first-order valence-corrected chi connectivity index (χ1v) is 6.09. The first-order chi connectivity index (χ1) is 9.59. The molecule has 0 aliphatic carbocycles. The van der Waals surface area contributed by atoms with Gasteiger partial charge < -0.3 is 10.2 Å². The fourth-order valence-electron chi connectivity index (χ4n) is 2.26. The molecule has 0 amide bonds. The highest BCUT2D eigenvalue weighted by molar-refractivity contribution is 5.78. The van der Waals surface area contributed by atoms with E-state index < -0.39 is 0 Å². The summed E-state index contributed by atoms with van der Waals surface area (Å²) in [7, 11) is 0. The third-order valence-corrected chi connectivity index (χ3v) is 3.16. The van der Waals surface area contributed by atoms with Gasteiger partial charge in [0.2, 0.25) is 0 Å². The Labute approximate surface area is 114 Å². The standard InChI is InChI=1S/C15H12N2O3/c1-9-16-11-6-3-2-5-10(11)15(20)17(9)14-12(18)7-4-8-13(14)19/h2-8,18-19H,1H3. The largest absolute Gasteiger partial charge is 0.506 e. The molecule has 0 aliphatic heterocycles. The third kappa shape index (κ3) is 1.72. The number of rotatable bonds is 1. The molecule has 3 aromatic rings. The van der Waals surface area contributed by atoms with Gasteiger partial charge in [-0.05, 0) is 31.2 Å². The fraction of sp³-hybridized carbons (Fsp3) is 0.0667. The number of phenolic OH excluding ortho intramolecular Hbond substituents is 2. The van der Waals surface area contributed by atoms with Gasteiger partial charge >= 0.3 is 0 Å². The van der Waals surface area contributed by atoms with Gasteiger partial charge in [0.1, 0.15) is 23.0 Å². The van der Waals surface area contributed by atoms with Crippen LogP contribution in [0.5, 0.6) is 11.5 Å². The molecule has 0 fully saturated rings. The van der Waals surface area contributed by atoms with E-state index in [0.717, 1.165) is 0 Å². The second kappa shape index (κ2) is 4.38. The summed E-state index contributed by atoms with van der Waals surface area (Å²) >= 11 is 0. The van der Waals surface area contributed by atoms with E-state index in [9.17, 15) is 15.0 Å². The number of nitrogens with zero attached hydrogens (tertiary/aromatic N) is 2. The molecule has 1 heterocycles. The van der Waals surface area contributed by atoms with E-state index in [2.05, 4.69) is 4.98 Å². The van der Waals surface area contributed by atoms with Crippen LogP contribution in [0.2, 0.25) is 0 Å². The summed E-state index contributed by atoms with van der Waals surface area (Å²) in [6.07, 6.45) is 0. The fourth-order valence-corrected chi connectivity index (χ4v) is 2.26. The average molecular weight is 268 g/mol. The predicted octanol–water partition coefficient (Wildman–Crippen LogP) is 2.11. The summed E-state index contributed by atoms with van der Waals surface area (Å²) < 4.78 is 1.22. The van der Waals surface area contributed by atoms with E-state index in [1.165, 1.54) is 22.8 Å². The molecule has 3 rings (SSSR count). The van der Waals surface area contributed by atoms with Crippen molar-refractivity contribution in [3.8, 4) is 17.2 Å². The molecule has 2 N–H and O–H groups in total. The summed E-state index contributed by atoms with van der Waals surface area (Å²) in [4.78, 5) is 16.9. The van der Waals surface area contributed by atoms with Crippen LogP contribution >= 0.6 is 0 Å². The number of fused-ring (bicyclic) bond motifs is 1. The number of aromatic hydroxyl groups is 2. The molecule has 0 unspecified atom stereocenters. The monoisotopic (exact) mass is 268 g/mol. The van der Waals surface area contributed by atoms with Crippen LogP contribution in [0.3, 0.4) is 0 Å². The molecule has 0 saturated carbocycles. The van der Waals surface area contributed by atoms with Gasteiger partial charge in [0.05, 0.1) is 10.9 Å². The lowest BCUT2D eigenvalue weighted by Crippen LogP contribution is -2.22. The Kier molecular flexibility index (Phi) is 2.68. The third-order valence-electron chi connectivity index (χ3n) is 3.16. The molecule has 0 spiro atoms. The minimum Gasteiger partial charge on any atom is -0.506 e. The first kappa shape index (κ1) is 12.2. The maximum absolute atomic E-state index is 12.6. The van der Waals surface area contributed by atoms with Crippen molar-refractivity contribution in [3.05, 3.63) is 58.6 Å². The molecule has 1 aromatic heterocycles. The lowest BCUT2D eigenvalue weighted by atomic mass is 10.2. The minimum absolute atomic E-state index is 0.0493. The summed E-state index contributed by atoms with van der Waals surface area (Å²) in [6, 6.07) is 11.3. The van der Waals surface area contributed by atoms with Crippen LogP contribution in [0.15, 0.2) is 47.3 Å². The highest BCUT2D eigenvalue weighted by atomic mass is 16.3. The molecular weight excluding hydrogens is 256 g/mol. The molecule has 2 aromatic carbocycles. The summed E-state index contributed by atoms with van der Waals surface area (Å²) in [6.45, 7) is 1.65. The SMILES string of the molecule is Cc1nc2ccccc2c(=O)n1-c1c(O)cccc1O. The number of phenols is 2. The lowest BCUT2D eigenvalue weighted by Gasteiger charge is -2.13. The van der Waals surface area contributed by atoms with Crippen LogP contribution in [0.1, 0.15) is 5.82 Å². The molecular formula is C15H12N2O3. The lowest BCUT2D eigenvalue weighted by molar-refractivity contribution is 0.444. The van der Waals surface area contributed by atoms with Gasteiger partial charge in [-0.2, -0.15) is 0 Å². The number of hydrogen-bond acceptors (Lipinski definition) is 4. The van der Waals surface area contributed by atoms with E-state index in [0.29, 0.717) is 16.7 Å². The normalized spacial score (nSPS) is 10.8. The zero-order valence-electron chi connectivity index (χ0n) is 10.7. The van der Waals surface area contributed by atoms with Crippen molar-refractivity contribution in [2.45, 2.75) is 6.92 Å². The molecule has 0 radical (unpaired) electrons. The van der Waals surface area contributed by atoms with Gasteiger partial charge in [-0.1, -0.05) is 18.2 Å². The minimum atomic E-state index is -0.329. The van der Waals surface area contributed by atoms with Crippen molar-refractivity contribution in [3.63, 3.8) is 0 Å². The summed E-state index contributed by atoms with van der Waals surface area (Å²) in [5, 5.41) is 20.3. The van der Waals surface area contributed by atoms with E-state index in [1.807, 2.05) is 0 Å². The highest BCUT2D eigenvalue weighted by Gasteiger charge is 2.15. The molecule has 5 heteroatoms. The van der Waals surface area contributed by atoms with Gasteiger partial charge in [-0.15, -0.1) is 0 Å². The number of benzene rings is 2. The first-order valence-electron chi connectivity index (χ1n) is 6.09. The van der Waals surface area contributed by atoms with E-state index in [1.54, 1.807) is 31.2 Å². The summed E-state index contributed by atoms with van der Waals surface area (Å²) in [5.41, 5.74) is 0.305. The van der Waals surface area contributed by atoms with Crippen LogP contribution in [0.4, 0.5) is 0 Å². The van der Waals surface area contributed by atoms with E-state index in [4.69, 9.17) is 0 Å². The van der Waals surface area contributed by atoms with Crippen molar-refractivity contribution >= 4 is 10.9 Å². The Hall–Kier alpha value is -2.82. The highest BCUT2D eigenvalue weighted by Crippen LogP contribution is 2.30. The van der Waals surface area contributed by atoms with Crippen molar-refractivity contribution in [2.24, 2.45) is 0 Å². The maximum Gasteiger partial charge on any atom is 0.266 e. The zero-order chi connectivity index (χ0) is 14.3. The van der Waals surface area contributed by atoms with Crippen molar-refractivity contribution in [2.75, 3.05) is 0 Å². The van der Waals surface area contributed by atoms with Gasteiger partial charge in [0.15, 0.2) is 0 Å².